The molecule has 2 aromatic rings. The Balaban J connectivity index is 2.25. The van der Waals surface area contributed by atoms with Gasteiger partial charge in [0, 0.05) is 18.5 Å². The van der Waals surface area contributed by atoms with Crippen LogP contribution in [-0.4, -0.2) is 33.9 Å². The van der Waals surface area contributed by atoms with E-state index in [1.54, 1.807) is 25.4 Å². The Morgan fingerprint density at radius 2 is 2.19 bits per heavy atom. The summed E-state index contributed by atoms with van der Waals surface area (Å²) in [6.07, 6.45) is 3.23. The molecule has 1 aromatic carbocycles. The van der Waals surface area contributed by atoms with E-state index < -0.39 is 12.0 Å². The Morgan fingerprint density at radius 1 is 1.43 bits per heavy atom. The quantitative estimate of drug-likeness (QED) is 0.875. The number of aromatic carboxylic acids is 1. The first-order valence-corrected chi connectivity index (χ1v) is 6.24. The Morgan fingerprint density at radius 3 is 2.76 bits per heavy atom. The Hall–Kier alpha value is -2.83. The summed E-state index contributed by atoms with van der Waals surface area (Å²) in [5.74, 6) is -1.03. The molecule has 1 heterocycles. The minimum atomic E-state index is -1.13. The molecule has 0 aliphatic carbocycles. The van der Waals surface area contributed by atoms with E-state index in [0.717, 1.165) is 0 Å². The van der Waals surface area contributed by atoms with Crippen molar-refractivity contribution < 1.29 is 19.4 Å². The fraction of sp³-hybridized carbons (Fsp3) is 0.214. The first-order chi connectivity index (χ1) is 10.0. The van der Waals surface area contributed by atoms with Gasteiger partial charge in [-0.3, -0.25) is 9.48 Å². The smallest absolute Gasteiger partial charge is 0.337 e. The number of nitrogens with one attached hydrogen (secondary N) is 1. The number of benzene rings is 1. The summed E-state index contributed by atoms with van der Waals surface area (Å²) in [4.78, 5) is 23.4. The van der Waals surface area contributed by atoms with Gasteiger partial charge in [-0.15, -0.1) is 0 Å². The van der Waals surface area contributed by atoms with Crippen LogP contribution < -0.4 is 10.1 Å². The number of methoxy groups -OCH3 is 1. The second kappa shape index (κ2) is 6.08. The zero-order valence-corrected chi connectivity index (χ0v) is 11.6. The summed E-state index contributed by atoms with van der Waals surface area (Å²) in [5.41, 5.74) is 0.183. The third-order valence-corrected chi connectivity index (χ3v) is 3.02. The molecular weight excluding hydrogens is 274 g/mol. The van der Waals surface area contributed by atoms with Gasteiger partial charge < -0.3 is 15.2 Å². The van der Waals surface area contributed by atoms with Crippen LogP contribution in [0.2, 0.25) is 0 Å². The first-order valence-electron chi connectivity index (χ1n) is 6.24. The van der Waals surface area contributed by atoms with Crippen molar-refractivity contribution in [3.8, 4) is 5.75 Å². The monoisotopic (exact) mass is 289 g/mol. The van der Waals surface area contributed by atoms with Crippen molar-refractivity contribution in [1.29, 1.82) is 0 Å². The van der Waals surface area contributed by atoms with Gasteiger partial charge >= 0.3 is 5.97 Å². The minimum Gasteiger partial charge on any atom is -0.497 e. The van der Waals surface area contributed by atoms with Crippen LogP contribution in [0.25, 0.3) is 0 Å². The van der Waals surface area contributed by atoms with E-state index in [4.69, 9.17) is 9.84 Å². The van der Waals surface area contributed by atoms with E-state index in [1.165, 1.54) is 30.0 Å². The van der Waals surface area contributed by atoms with Gasteiger partial charge in [-0.2, -0.15) is 5.10 Å². The standard InChI is InChI=1S/C14H15N3O4/c1-9(17-7-3-6-15-17)13(18)16-12-8-10(21-2)4-5-11(12)14(19)20/h3-9H,1-2H3,(H,16,18)(H,19,20). The number of nitrogens with zero attached hydrogens (tertiary/aromatic N) is 2. The topological polar surface area (TPSA) is 93.5 Å². The average Bonchev–Trinajstić information content (AvgIpc) is 3.00. The minimum absolute atomic E-state index is 0.00295. The third-order valence-electron chi connectivity index (χ3n) is 3.02. The molecule has 1 atom stereocenters. The second-order valence-corrected chi connectivity index (χ2v) is 4.37. The highest BCUT2D eigenvalue weighted by Crippen LogP contribution is 2.23. The number of carboxylic acids is 1. The Kier molecular flexibility index (Phi) is 4.22. The van der Waals surface area contributed by atoms with Crippen LogP contribution in [0, 0.1) is 0 Å². The van der Waals surface area contributed by atoms with Crippen molar-refractivity contribution in [3.63, 3.8) is 0 Å². The molecule has 0 spiro atoms. The van der Waals surface area contributed by atoms with Gasteiger partial charge in [0.2, 0.25) is 5.91 Å². The lowest BCUT2D eigenvalue weighted by molar-refractivity contribution is -0.119. The number of hydrogen-bond donors (Lipinski definition) is 2. The molecule has 0 aliphatic heterocycles. The Labute approximate surface area is 121 Å². The highest BCUT2D eigenvalue weighted by atomic mass is 16.5. The highest BCUT2D eigenvalue weighted by molar-refractivity contribution is 6.01. The maximum absolute atomic E-state index is 12.2. The molecule has 0 saturated carbocycles. The van der Waals surface area contributed by atoms with Crippen LogP contribution >= 0.6 is 0 Å². The highest BCUT2D eigenvalue weighted by Gasteiger charge is 2.19. The number of anilines is 1. The second-order valence-electron chi connectivity index (χ2n) is 4.37. The van der Waals surface area contributed by atoms with Crippen molar-refractivity contribution in [2.24, 2.45) is 0 Å². The molecule has 21 heavy (non-hydrogen) atoms. The molecule has 110 valence electrons. The van der Waals surface area contributed by atoms with E-state index >= 15 is 0 Å². The largest absolute Gasteiger partial charge is 0.497 e. The molecule has 7 nitrogen and oxygen atoms in total. The van der Waals surface area contributed by atoms with Crippen LogP contribution in [0.4, 0.5) is 5.69 Å². The summed E-state index contributed by atoms with van der Waals surface area (Å²) in [6, 6.07) is 5.52. The molecule has 1 amide bonds. The van der Waals surface area contributed by atoms with Crippen LogP contribution in [-0.2, 0) is 4.79 Å². The van der Waals surface area contributed by atoms with Crippen LogP contribution in [0.15, 0.2) is 36.7 Å². The van der Waals surface area contributed by atoms with Crippen molar-refractivity contribution in [2.75, 3.05) is 12.4 Å². The number of ether oxygens (including phenoxy) is 1. The van der Waals surface area contributed by atoms with Crippen molar-refractivity contribution >= 4 is 17.6 Å². The van der Waals surface area contributed by atoms with Gasteiger partial charge in [0.1, 0.15) is 11.8 Å². The SMILES string of the molecule is COc1ccc(C(=O)O)c(NC(=O)C(C)n2cccn2)c1. The summed E-state index contributed by atoms with van der Waals surface area (Å²) >= 11 is 0. The maximum atomic E-state index is 12.2. The van der Waals surface area contributed by atoms with E-state index in [-0.39, 0.29) is 17.2 Å². The summed E-state index contributed by atoms with van der Waals surface area (Å²) in [6.45, 7) is 1.67. The van der Waals surface area contributed by atoms with E-state index in [0.29, 0.717) is 5.75 Å². The number of aromatic nitrogens is 2. The molecule has 7 heteroatoms. The molecule has 0 fully saturated rings. The predicted octanol–water partition coefficient (Wildman–Crippen LogP) is 1.79. The fourth-order valence-corrected chi connectivity index (χ4v) is 1.81. The number of carbonyl (C=O) groups excluding carboxylic acids is 1. The molecule has 0 radical (unpaired) electrons. The van der Waals surface area contributed by atoms with Crippen molar-refractivity contribution in [1.82, 2.24) is 9.78 Å². The molecule has 0 saturated heterocycles. The zero-order chi connectivity index (χ0) is 15.4. The first kappa shape index (κ1) is 14.6. The zero-order valence-electron chi connectivity index (χ0n) is 11.6. The number of carbonyl (C=O) groups is 2. The molecular formula is C14H15N3O4. The summed E-state index contributed by atoms with van der Waals surface area (Å²) in [7, 11) is 1.47. The van der Waals surface area contributed by atoms with Crippen LogP contribution in [0.3, 0.4) is 0 Å². The number of hydrogen-bond acceptors (Lipinski definition) is 4. The lowest BCUT2D eigenvalue weighted by Gasteiger charge is -2.14. The van der Waals surface area contributed by atoms with Gasteiger partial charge in [-0.05, 0) is 25.1 Å². The molecule has 1 unspecified atom stereocenters. The molecule has 2 rings (SSSR count). The lowest BCUT2D eigenvalue weighted by Crippen LogP contribution is -2.25. The summed E-state index contributed by atoms with van der Waals surface area (Å²) < 4.78 is 6.52. The predicted molar refractivity (Wildman–Crippen MR) is 75.5 cm³/mol. The molecule has 0 bridgehead atoms. The van der Waals surface area contributed by atoms with E-state index in [1.807, 2.05) is 0 Å². The van der Waals surface area contributed by atoms with Crippen molar-refractivity contribution in [3.05, 3.63) is 42.2 Å². The van der Waals surface area contributed by atoms with Gasteiger partial charge in [0.15, 0.2) is 0 Å². The van der Waals surface area contributed by atoms with Crippen LogP contribution in [0.5, 0.6) is 5.75 Å². The fourth-order valence-electron chi connectivity index (χ4n) is 1.81. The van der Waals surface area contributed by atoms with Gasteiger partial charge in [0.25, 0.3) is 0 Å². The average molecular weight is 289 g/mol. The Bertz CT molecular complexity index is 652. The van der Waals surface area contributed by atoms with E-state index in [9.17, 15) is 9.59 Å². The molecule has 2 N–H and O–H groups in total. The lowest BCUT2D eigenvalue weighted by atomic mass is 10.1. The normalized spacial score (nSPS) is 11.7. The van der Waals surface area contributed by atoms with Crippen molar-refractivity contribution in [2.45, 2.75) is 13.0 Å². The third kappa shape index (κ3) is 3.19. The molecule has 1 aromatic heterocycles. The number of rotatable bonds is 5. The molecule has 0 aliphatic rings. The van der Waals surface area contributed by atoms with Gasteiger partial charge in [-0.1, -0.05) is 0 Å². The number of carboxylic acid groups (broad SMARTS) is 1. The summed E-state index contributed by atoms with van der Waals surface area (Å²) in [5, 5.41) is 15.7. The number of amides is 1. The van der Waals surface area contributed by atoms with Gasteiger partial charge in [-0.25, -0.2) is 4.79 Å². The van der Waals surface area contributed by atoms with E-state index in [2.05, 4.69) is 10.4 Å². The van der Waals surface area contributed by atoms with Crippen LogP contribution in [0.1, 0.15) is 23.3 Å². The maximum Gasteiger partial charge on any atom is 0.337 e. The van der Waals surface area contributed by atoms with Gasteiger partial charge in [0.05, 0.1) is 18.4 Å².